The number of likely N-dealkylation sites (tertiary alicyclic amines) is 2. The number of thiophene rings is 2. The molecule has 6 heterocycles. The van der Waals surface area contributed by atoms with Crippen LogP contribution in [0.2, 0.25) is 0 Å². The molecule has 2 aromatic carbocycles. The fourth-order valence-corrected chi connectivity index (χ4v) is 16.9. The van der Waals surface area contributed by atoms with Crippen LogP contribution < -0.4 is 18.9 Å². The monoisotopic (exact) mass is 902 g/mol. The number of benzene rings is 2. The molecule has 2 spiro atoms. The van der Waals surface area contributed by atoms with Crippen LogP contribution in [0, 0.1) is 11.8 Å². The van der Waals surface area contributed by atoms with Crippen LogP contribution in [0.15, 0.2) is 35.0 Å². The number of ketones is 2. The molecule has 4 saturated carbocycles. The molecule has 2 aromatic heterocycles. The highest BCUT2D eigenvalue weighted by Crippen LogP contribution is 2.67. The summed E-state index contributed by atoms with van der Waals surface area (Å²) in [6.07, 6.45) is 7.27. The van der Waals surface area contributed by atoms with Gasteiger partial charge in [0.15, 0.2) is 46.8 Å². The quantitative estimate of drug-likeness (QED) is 0.152. The predicted molar refractivity (Wildman–Crippen MR) is 235 cm³/mol. The summed E-state index contributed by atoms with van der Waals surface area (Å²) in [6, 6.07) is 7.41. The van der Waals surface area contributed by atoms with Crippen LogP contribution in [-0.4, -0.2) is 105 Å². The van der Waals surface area contributed by atoms with E-state index in [4.69, 9.17) is 18.9 Å². The van der Waals surface area contributed by atoms with E-state index in [0.717, 1.165) is 69.0 Å². The van der Waals surface area contributed by atoms with Gasteiger partial charge in [0.1, 0.15) is 0 Å². The van der Waals surface area contributed by atoms with Gasteiger partial charge in [0.25, 0.3) is 0 Å². The number of hydrogen-bond acceptors (Lipinski definition) is 14. The molecule has 0 radical (unpaired) electrons. The van der Waals surface area contributed by atoms with Gasteiger partial charge in [-0.3, -0.25) is 29.0 Å². The molecule has 4 bridgehead atoms. The third-order valence-electron chi connectivity index (χ3n) is 17.6. The zero-order chi connectivity index (χ0) is 43.1. The molecule has 2 saturated heterocycles. The Kier molecular flexibility index (Phi) is 8.08. The number of Topliss-reactive ketones (excluding diaryl/α,β-unsaturated/α-hetero) is 2. The standard InChI is InChI=1S/C50H50N2O10S2/c53-31-9-11-49(57)35-17-27-5-7-33(41-39(27)47(49,45(31)61-41)13-15-51(35)21-25-1-2-25)59-37(55)19-29-23-63-44-30(24-64-43(29)44)20-38(56)60-34-8-6-28-18-36-50(58)12-10-32(54)46-48(50,40(28)42(34)62-46)14-16-52(36)22-26-3-4-26/h5-8,23-26,35-36,45-46,57-58H,1-4,9-22H2/t35-,36-,45+,46+,47?,48?,49-,50-/m1/s1. The van der Waals surface area contributed by atoms with Crippen molar-refractivity contribution in [3.8, 4) is 23.0 Å². The topological polar surface area (TPSA) is 152 Å². The van der Waals surface area contributed by atoms with Crippen LogP contribution in [0.5, 0.6) is 23.0 Å². The summed E-state index contributed by atoms with van der Waals surface area (Å²) in [4.78, 5) is 59.6. The number of esters is 2. The zero-order valence-electron chi connectivity index (χ0n) is 35.5. The first-order chi connectivity index (χ1) is 31.0. The van der Waals surface area contributed by atoms with Crippen molar-refractivity contribution in [2.75, 3.05) is 26.2 Å². The minimum absolute atomic E-state index is 0.000424. The third kappa shape index (κ3) is 5.07. The molecular formula is C50H50N2O10S2. The van der Waals surface area contributed by atoms with E-state index in [1.54, 1.807) is 12.1 Å². The van der Waals surface area contributed by atoms with Crippen LogP contribution in [0.4, 0.5) is 0 Å². The van der Waals surface area contributed by atoms with E-state index in [9.17, 15) is 29.4 Å². The van der Waals surface area contributed by atoms with Gasteiger partial charge in [-0.2, -0.15) is 0 Å². The Morgan fingerprint density at radius 1 is 0.656 bits per heavy atom. The Hall–Kier alpha value is -4.18. The SMILES string of the molecule is O=C(Cc1csc2c(CC(=O)Oc3ccc4c5c3O[C@H]3C(=O)CC[C@@]6(O)[C@@H](C4)N(CC4CC4)CCC536)csc12)Oc1ccc2c3c1O[C@H]1C(=O)CC[C@@]4(O)[C@@H](C2)N(CC2CC2)CCC314. The second-order valence-electron chi connectivity index (χ2n) is 20.9. The van der Waals surface area contributed by atoms with Gasteiger partial charge in [-0.15, -0.1) is 22.7 Å². The lowest BCUT2D eigenvalue weighted by molar-refractivity contribution is -0.188. The average molecular weight is 903 g/mol. The molecule has 64 heavy (non-hydrogen) atoms. The second kappa shape index (κ2) is 13.3. The van der Waals surface area contributed by atoms with E-state index >= 15 is 0 Å². The van der Waals surface area contributed by atoms with Crippen LogP contribution in [0.3, 0.4) is 0 Å². The van der Waals surface area contributed by atoms with Crippen molar-refractivity contribution < 1.29 is 48.3 Å². The Morgan fingerprint density at radius 2 is 1.09 bits per heavy atom. The van der Waals surface area contributed by atoms with Gasteiger partial charge >= 0.3 is 11.9 Å². The minimum Gasteiger partial charge on any atom is -0.477 e. The number of carbonyl (C=O) groups excluding carboxylic acids is 4. The maximum Gasteiger partial charge on any atom is 0.315 e. The van der Waals surface area contributed by atoms with E-state index in [1.165, 1.54) is 48.4 Å². The lowest BCUT2D eigenvalue weighted by Gasteiger charge is -2.62. The maximum atomic E-state index is 13.8. The summed E-state index contributed by atoms with van der Waals surface area (Å²) in [6.45, 7) is 3.56. The fourth-order valence-electron chi connectivity index (χ4n) is 14.5. The fraction of sp³-hybridized carbons (Fsp3) is 0.560. The molecule has 10 aliphatic rings. The average Bonchev–Trinajstić information content (AvgIpc) is 4.11. The predicted octanol–water partition coefficient (Wildman–Crippen LogP) is 5.53. The number of hydrogen-bond donors (Lipinski definition) is 2. The Bertz CT molecular complexity index is 2590. The Balaban J connectivity index is 0.697. The summed E-state index contributed by atoms with van der Waals surface area (Å²) in [5.74, 6) is 1.84. The van der Waals surface area contributed by atoms with E-state index < -0.39 is 46.2 Å². The molecule has 6 aliphatic carbocycles. The summed E-state index contributed by atoms with van der Waals surface area (Å²) in [7, 11) is 0. The highest BCUT2D eigenvalue weighted by Gasteiger charge is 2.75. The molecule has 332 valence electrons. The molecule has 12 nitrogen and oxygen atoms in total. The van der Waals surface area contributed by atoms with Gasteiger partial charge in [0.05, 0.1) is 34.9 Å². The van der Waals surface area contributed by atoms with Gasteiger partial charge in [-0.1, -0.05) is 12.1 Å². The normalized spacial score (nSPS) is 35.2. The molecule has 14 rings (SSSR count). The molecule has 0 amide bonds. The van der Waals surface area contributed by atoms with Crippen molar-refractivity contribution >= 4 is 55.6 Å². The summed E-state index contributed by atoms with van der Waals surface area (Å²) >= 11 is 2.94. The minimum atomic E-state index is -1.10. The number of piperidine rings is 2. The number of ether oxygens (including phenoxy) is 4. The van der Waals surface area contributed by atoms with Crippen LogP contribution in [0.1, 0.15) is 97.6 Å². The number of nitrogens with zero attached hydrogens (tertiary/aromatic N) is 2. The van der Waals surface area contributed by atoms with Crippen molar-refractivity contribution in [1.82, 2.24) is 9.80 Å². The number of carbonyl (C=O) groups is 4. The van der Waals surface area contributed by atoms with Gasteiger partial charge < -0.3 is 29.2 Å². The van der Waals surface area contributed by atoms with Crippen LogP contribution in [0.25, 0.3) is 9.40 Å². The van der Waals surface area contributed by atoms with Crippen molar-refractivity contribution in [1.29, 1.82) is 0 Å². The van der Waals surface area contributed by atoms with E-state index in [0.29, 0.717) is 61.9 Å². The first kappa shape index (κ1) is 39.0. The highest BCUT2D eigenvalue weighted by molar-refractivity contribution is 7.26. The van der Waals surface area contributed by atoms with Crippen LogP contribution >= 0.6 is 22.7 Å². The molecule has 6 fully saturated rings. The number of aliphatic hydroxyl groups is 2. The number of rotatable bonds is 10. The van der Waals surface area contributed by atoms with Gasteiger partial charge in [0, 0.05) is 58.5 Å². The second-order valence-corrected chi connectivity index (χ2v) is 22.6. The smallest absolute Gasteiger partial charge is 0.315 e. The zero-order valence-corrected chi connectivity index (χ0v) is 37.2. The maximum absolute atomic E-state index is 13.8. The highest BCUT2D eigenvalue weighted by atomic mass is 32.1. The van der Waals surface area contributed by atoms with E-state index in [-0.39, 0.29) is 60.8 Å². The molecule has 8 atom stereocenters. The summed E-state index contributed by atoms with van der Waals surface area (Å²) in [5.41, 5.74) is 1.53. The molecule has 14 heteroatoms. The molecule has 4 aliphatic heterocycles. The third-order valence-corrected chi connectivity index (χ3v) is 20.0. The van der Waals surface area contributed by atoms with Crippen LogP contribution in [-0.2, 0) is 55.7 Å². The lowest BCUT2D eigenvalue weighted by atomic mass is 9.49. The largest absolute Gasteiger partial charge is 0.477 e. The van der Waals surface area contributed by atoms with E-state index in [1.807, 2.05) is 22.9 Å². The Morgan fingerprint density at radius 3 is 1.52 bits per heavy atom. The van der Waals surface area contributed by atoms with E-state index in [2.05, 4.69) is 9.80 Å². The van der Waals surface area contributed by atoms with Crippen molar-refractivity contribution in [2.45, 2.75) is 136 Å². The molecule has 2 unspecified atom stereocenters. The summed E-state index contributed by atoms with van der Waals surface area (Å²) < 4.78 is 27.0. The summed E-state index contributed by atoms with van der Waals surface area (Å²) in [5, 5.41) is 29.2. The first-order valence-corrected chi connectivity index (χ1v) is 25.3. The molecular weight excluding hydrogens is 853 g/mol. The van der Waals surface area contributed by atoms with Gasteiger partial charge in [0.2, 0.25) is 0 Å². The van der Waals surface area contributed by atoms with Crippen molar-refractivity contribution in [2.24, 2.45) is 11.8 Å². The van der Waals surface area contributed by atoms with Gasteiger partial charge in [-0.25, -0.2) is 0 Å². The van der Waals surface area contributed by atoms with Crippen molar-refractivity contribution in [3.05, 3.63) is 68.4 Å². The first-order valence-electron chi connectivity index (χ1n) is 23.5. The lowest BCUT2D eigenvalue weighted by Crippen LogP contribution is -2.76. The Labute approximate surface area is 377 Å². The number of fused-ring (bicyclic) bond motifs is 1. The molecule has 4 aromatic rings. The molecule has 2 N–H and O–H groups in total. The van der Waals surface area contributed by atoms with Gasteiger partial charge in [-0.05, 0) is 134 Å². The van der Waals surface area contributed by atoms with Crippen molar-refractivity contribution in [3.63, 3.8) is 0 Å².